The smallest absolute Gasteiger partial charge is 0.460 e. The highest BCUT2D eigenvalue weighted by Crippen LogP contribution is 2.54. The summed E-state index contributed by atoms with van der Waals surface area (Å²) in [6.07, 6.45) is -7.16. The lowest BCUT2D eigenvalue weighted by atomic mass is 10.1. The van der Waals surface area contributed by atoms with E-state index in [2.05, 4.69) is 91.9 Å². The highest BCUT2D eigenvalue weighted by atomic mass is 32.2. The van der Waals surface area contributed by atoms with Crippen molar-refractivity contribution in [3.8, 4) is 0 Å². The molecule has 0 fully saturated rings. The predicted octanol–water partition coefficient (Wildman–Crippen LogP) is 6.13. The van der Waals surface area contributed by atoms with Gasteiger partial charge in [-0.3, -0.25) is 0 Å². The van der Waals surface area contributed by atoms with Gasteiger partial charge in [0.2, 0.25) is 0 Å². The second kappa shape index (κ2) is 10.7. The lowest BCUT2D eigenvalue weighted by Gasteiger charge is -2.34. The Kier molecular flexibility index (Phi) is 8.72. The number of quaternary nitrogens is 1. The van der Waals surface area contributed by atoms with Crippen LogP contribution in [0.4, 0.5) is 56.6 Å². The molecule has 0 bridgehead atoms. The number of benzene rings is 3. The van der Waals surface area contributed by atoms with Gasteiger partial charge in [-0.25, -0.2) is 13.3 Å². The van der Waals surface area contributed by atoms with Gasteiger partial charge in [-0.2, -0.15) is 39.5 Å². The molecule has 0 aliphatic heterocycles. The fraction of sp³-hybridized carbons (Fsp3) is 0.217. The molecule has 0 unspecified atom stereocenters. The highest BCUT2D eigenvalue weighted by molar-refractivity contribution is 7.86. The van der Waals surface area contributed by atoms with Gasteiger partial charge in [-0.1, -0.05) is 54.1 Å². The molecule has 0 atom stereocenters. The van der Waals surface area contributed by atoms with E-state index in [0.29, 0.717) is 0 Å². The fourth-order valence-electron chi connectivity index (χ4n) is 2.95. The van der Waals surface area contributed by atoms with Crippen molar-refractivity contribution >= 4 is 27.2 Å². The summed E-state index contributed by atoms with van der Waals surface area (Å²) in [5.41, 5.74) is 5.05. The van der Waals surface area contributed by atoms with E-state index in [1.807, 2.05) is 0 Å². The average molecular weight is 559 g/mol. The molecule has 0 radical (unpaired) electrons. The largest absolute Gasteiger partial charge is 0.743 e. The van der Waals surface area contributed by atoms with Crippen molar-refractivity contribution in [3.05, 3.63) is 90.5 Å². The summed E-state index contributed by atoms with van der Waals surface area (Å²) in [6, 6.07) is 29.9. The van der Waals surface area contributed by atoms with Crippen LogP contribution in [0.15, 0.2) is 84.9 Å². The molecule has 14 heteroatoms. The molecule has 0 amide bonds. The average Bonchev–Trinajstić information content (AvgIpc) is 2.81. The van der Waals surface area contributed by atoms with Crippen LogP contribution < -0.4 is 4.90 Å². The number of alkyl halides is 9. The van der Waals surface area contributed by atoms with Crippen LogP contribution in [0.25, 0.3) is 0 Å². The Morgan fingerprint density at radius 1 is 0.595 bits per heavy atom. The standard InChI is InChI=1S/C19H17N.C4HF9O3S/c1-16-12-14-19(15-13-16)20(17-8-4-2-5-9-17)18-10-6-3-7-11-18;5-1(6,3(9,10)11)2(7,8)4(12,13)17(14,15)16/h2-15H,1H3;(H,14,15,16). The van der Waals surface area contributed by atoms with Crippen LogP contribution in [0.1, 0.15) is 5.56 Å². The van der Waals surface area contributed by atoms with Crippen molar-refractivity contribution in [2.45, 2.75) is 30.2 Å². The van der Waals surface area contributed by atoms with E-state index in [1.165, 1.54) is 27.5 Å². The van der Waals surface area contributed by atoms with Gasteiger partial charge < -0.3 is 4.55 Å². The Labute approximate surface area is 205 Å². The molecule has 0 saturated carbocycles. The van der Waals surface area contributed by atoms with Crippen LogP contribution in [0.5, 0.6) is 0 Å². The third-order valence-corrected chi connectivity index (χ3v) is 5.78. The van der Waals surface area contributed by atoms with Crippen LogP contribution in [0, 0.1) is 6.92 Å². The predicted molar refractivity (Wildman–Crippen MR) is 115 cm³/mol. The maximum atomic E-state index is 12.2. The summed E-state index contributed by atoms with van der Waals surface area (Å²) >= 11 is 0. The minimum absolute atomic E-state index is 1.25. The fourth-order valence-corrected chi connectivity index (χ4v) is 3.39. The number of nitrogens with one attached hydrogen (secondary N) is 1. The van der Waals surface area contributed by atoms with Gasteiger partial charge in [-0.05, 0) is 31.2 Å². The molecule has 0 spiro atoms. The zero-order valence-corrected chi connectivity index (χ0v) is 19.4. The van der Waals surface area contributed by atoms with Crippen LogP contribution in [0.3, 0.4) is 0 Å². The third kappa shape index (κ3) is 6.25. The Bertz CT molecular complexity index is 1230. The Morgan fingerprint density at radius 3 is 1.27 bits per heavy atom. The van der Waals surface area contributed by atoms with Crippen molar-refractivity contribution in [1.29, 1.82) is 0 Å². The van der Waals surface area contributed by atoms with E-state index >= 15 is 0 Å². The van der Waals surface area contributed by atoms with Crippen molar-refractivity contribution < 1.29 is 57.4 Å². The summed E-state index contributed by atoms with van der Waals surface area (Å²) in [5.74, 6) is -14.8. The monoisotopic (exact) mass is 559 g/mol. The summed E-state index contributed by atoms with van der Waals surface area (Å²) in [7, 11) is -7.42. The maximum absolute atomic E-state index is 12.2. The van der Waals surface area contributed by atoms with Gasteiger partial charge in [0.1, 0.15) is 17.1 Å². The second-order valence-corrected chi connectivity index (χ2v) is 9.01. The second-order valence-electron chi connectivity index (χ2n) is 7.59. The molecule has 0 saturated heterocycles. The van der Waals surface area contributed by atoms with Gasteiger partial charge in [0.15, 0.2) is 10.1 Å². The van der Waals surface area contributed by atoms with Crippen molar-refractivity contribution in [2.75, 3.05) is 0 Å². The molecule has 37 heavy (non-hydrogen) atoms. The molecule has 4 nitrogen and oxygen atoms in total. The molecule has 3 rings (SSSR count). The Balaban J connectivity index is 0.000000265. The number of halogens is 9. The first kappa shape index (κ1) is 30.1. The Morgan fingerprint density at radius 2 is 0.946 bits per heavy atom. The molecule has 0 heterocycles. The van der Waals surface area contributed by atoms with Crippen LogP contribution in [0.2, 0.25) is 0 Å². The third-order valence-electron chi connectivity index (χ3n) is 4.90. The normalized spacial score (nSPS) is 13.2. The topological polar surface area (TPSA) is 61.6 Å². The number of para-hydroxylation sites is 2. The Hall–Kier alpha value is -3.10. The zero-order valence-electron chi connectivity index (χ0n) is 18.6. The number of hydrogen-bond donors (Lipinski definition) is 1. The number of hydrogen-bond acceptors (Lipinski definition) is 3. The molecular weight excluding hydrogens is 541 g/mol. The SMILES string of the molecule is Cc1ccc([NH+](c2ccccc2)c2ccccc2)cc1.O=S(=O)([O-])C(F)(F)C(F)(F)C(F)(F)C(F)(F)F. The maximum Gasteiger partial charge on any atom is 0.460 e. The molecule has 0 aliphatic rings. The lowest BCUT2D eigenvalue weighted by Crippen LogP contribution is -2.96. The summed E-state index contributed by atoms with van der Waals surface area (Å²) in [5, 5.41) is -7.11. The quantitative estimate of drug-likeness (QED) is 0.292. The van der Waals surface area contributed by atoms with Gasteiger partial charge >= 0.3 is 23.3 Å². The van der Waals surface area contributed by atoms with Gasteiger partial charge in [0.25, 0.3) is 0 Å². The van der Waals surface area contributed by atoms with E-state index in [-0.39, 0.29) is 0 Å². The zero-order chi connectivity index (χ0) is 28.3. The van der Waals surface area contributed by atoms with Gasteiger partial charge in [-0.15, -0.1) is 0 Å². The molecule has 1 N–H and O–H groups in total. The minimum Gasteiger partial charge on any atom is -0.743 e. The first-order chi connectivity index (χ1) is 16.8. The van der Waals surface area contributed by atoms with Crippen LogP contribution >= 0.6 is 0 Å². The first-order valence-electron chi connectivity index (χ1n) is 10.0. The van der Waals surface area contributed by atoms with E-state index in [4.69, 9.17) is 0 Å². The molecule has 0 aliphatic carbocycles. The van der Waals surface area contributed by atoms with Crippen molar-refractivity contribution in [3.63, 3.8) is 0 Å². The first-order valence-corrected chi connectivity index (χ1v) is 11.5. The molecular formula is C23H18F9NO3S. The highest BCUT2D eigenvalue weighted by Gasteiger charge is 2.83. The van der Waals surface area contributed by atoms with Gasteiger partial charge in [0, 0.05) is 12.1 Å². The molecule has 0 aromatic heterocycles. The van der Waals surface area contributed by atoms with E-state index < -0.39 is 33.4 Å². The molecule has 3 aromatic rings. The van der Waals surface area contributed by atoms with E-state index in [1.54, 1.807) is 0 Å². The van der Waals surface area contributed by atoms with E-state index in [9.17, 15) is 52.5 Å². The minimum atomic E-state index is -7.43. The van der Waals surface area contributed by atoms with E-state index in [0.717, 1.165) is 0 Å². The number of rotatable bonds is 6. The summed E-state index contributed by atoms with van der Waals surface area (Å²) in [4.78, 5) is 1.28. The van der Waals surface area contributed by atoms with Crippen LogP contribution in [-0.4, -0.2) is 36.2 Å². The summed E-state index contributed by atoms with van der Waals surface area (Å²) in [6.45, 7) is 2.12. The molecule has 202 valence electrons. The van der Waals surface area contributed by atoms with Crippen molar-refractivity contribution in [1.82, 2.24) is 0 Å². The summed E-state index contributed by atoms with van der Waals surface area (Å²) < 4.78 is 135. The van der Waals surface area contributed by atoms with Gasteiger partial charge in [0.05, 0.1) is 0 Å². The van der Waals surface area contributed by atoms with Crippen LogP contribution in [-0.2, 0) is 10.1 Å². The number of aryl methyl sites for hydroxylation is 1. The lowest BCUT2D eigenvalue weighted by molar-refractivity contribution is -0.681. The van der Waals surface area contributed by atoms with Crippen molar-refractivity contribution in [2.24, 2.45) is 0 Å². The molecule has 3 aromatic carbocycles.